The van der Waals surface area contributed by atoms with Gasteiger partial charge in [-0.2, -0.15) is 22.0 Å². The van der Waals surface area contributed by atoms with Crippen LogP contribution >= 0.6 is 0 Å². The van der Waals surface area contributed by atoms with Crippen LogP contribution in [0.4, 0.5) is 30.9 Å². The van der Waals surface area contributed by atoms with Crippen LogP contribution in [0.3, 0.4) is 0 Å². The Morgan fingerprint density at radius 2 is 1.33 bits per heavy atom. The van der Waals surface area contributed by atoms with Gasteiger partial charge < -0.3 is 0 Å². The molecule has 0 amide bonds. The van der Waals surface area contributed by atoms with Crippen molar-refractivity contribution in [3.05, 3.63) is 0 Å². The molecule has 12 heavy (non-hydrogen) atoms. The fourth-order valence-electron chi connectivity index (χ4n) is 0.247. The first-order chi connectivity index (χ1) is 5.10. The van der Waals surface area contributed by atoms with Gasteiger partial charge in [0.2, 0.25) is 0 Å². The van der Waals surface area contributed by atoms with E-state index < -0.39 is 23.4 Å². The van der Waals surface area contributed by atoms with E-state index in [0.29, 0.717) is 0 Å². The maximum Gasteiger partial charge on any atom is 0.458 e. The van der Waals surface area contributed by atoms with Gasteiger partial charge in [0.25, 0.3) is 0 Å². The van der Waals surface area contributed by atoms with E-state index in [9.17, 15) is 35.7 Å². The molecule has 72 valence electrons. The average molecular weight is 199 g/mol. The molecule has 2 nitrogen and oxygen atoms in total. The van der Waals surface area contributed by atoms with Gasteiger partial charge in [0.1, 0.15) is 0 Å². The molecule has 0 aromatic rings. The molecule has 0 aliphatic heterocycles. The maximum atomic E-state index is 11.5. The van der Waals surface area contributed by atoms with Gasteiger partial charge in [0, 0.05) is 0 Å². The number of carbonyl (C=O) groups is 1. The van der Waals surface area contributed by atoms with Crippen LogP contribution in [0.2, 0.25) is 0 Å². The first kappa shape index (κ1) is 11.1. The first-order valence-corrected chi connectivity index (χ1v) is 2.21. The fraction of sp³-hybridized carbons (Fsp3) is 0.667. The molecule has 0 aromatic carbocycles. The molecule has 0 unspecified atom stereocenters. The molecule has 0 saturated heterocycles. The van der Waals surface area contributed by atoms with Crippen molar-refractivity contribution in [3.8, 4) is 0 Å². The normalized spacial score (nSPS) is 13.7. The summed E-state index contributed by atoms with van der Waals surface area (Å²) in [6, 6.07) is -5.82. The van der Waals surface area contributed by atoms with Crippen LogP contribution in [0.15, 0.2) is 0 Å². The van der Waals surface area contributed by atoms with Crippen LogP contribution in [-0.4, -0.2) is 23.4 Å². The number of rotatable bonds is 2. The van der Waals surface area contributed by atoms with E-state index in [-0.39, 0.29) is 0 Å². The number of alkyl halides is 5. The molecule has 0 spiro atoms. The lowest BCUT2D eigenvalue weighted by Gasteiger charge is -2.15. The number of ketones is 1. The van der Waals surface area contributed by atoms with Crippen LogP contribution in [0, 0.1) is 0 Å². The summed E-state index contributed by atoms with van der Waals surface area (Å²) in [6.45, 7) is 0. The van der Waals surface area contributed by atoms with Crippen molar-refractivity contribution in [2.24, 2.45) is 0 Å². The highest BCUT2D eigenvalue weighted by Crippen LogP contribution is 2.30. The van der Waals surface area contributed by atoms with Crippen molar-refractivity contribution in [2.75, 3.05) is 0 Å². The highest BCUT2D eigenvalue weighted by molar-refractivity contribution is 5.89. The van der Waals surface area contributed by atoms with E-state index in [2.05, 4.69) is 0 Å². The number of nitrogens with zero attached hydrogens (tertiary/aromatic N) is 1. The second-order valence-corrected chi connectivity index (χ2v) is 1.60. The minimum atomic E-state index is -5.99. The maximum absolute atomic E-state index is 11.5. The number of halogens is 7. The molecule has 0 aliphatic rings. The molecule has 9 heteroatoms. The summed E-state index contributed by atoms with van der Waals surface area (Å²) in [5, 5.41) is -3.09. The minimum Gasteiger partial charge on any atom is -0.281 e. The molecule has 0 aromatic heterocycles. The van der Waals surface area contributed by atoms with E-state index in [1.165, 1.54) is 0 Å². The van der Waals surface area contributed by atoms with Gasteiger partial charge in [0.15, 0.2) is 0 Å². The summed E-state index contributed by atoms with van der Waals surface area (Å²) in [6.07, 6.45) is -5.99. The molecule has 0 heterocycles. The van der Waals surface area contributed by atoms with Crippen molar-refractivity contribution in [1.82, 2.24) is 5.34 Å². The molecule has 0 N–H and O–H groups in total. The Morgan fingerprint density at radius 1 is 1.00 bits per heavy atom. The largest absolute Gasteiger partial charge is 0.458 e. The Morgan fingerprint density at radius 3 is 1.42 bits per heavy atom. The zero-order valence-corrected chi connectivity index (χ0v) is 5.00. The Kier molecular flexibility index (Phi) is 2.68. The standard InChI is InChI=1S/C3F7NO/c4-2(5,6)1(12)3(7,8)11(9)10. The zero-order chi connectivity index (χ0) is 10.2. The Labute approximate surface area is 60.4 Å². The van der Waals surface area contributed by atoms with Gasteiger partial charge in [-0.15, -0.1) is 0 Å². The summed E-state index contributed by atoms with van der Waals surface area (Å²) >= 11 is 0. The van der Waals surface area contributed by atoms with E-state index in [4.69, 9.17) is 0 Å². The Hall–Kier alpha value is -0.860. The van der Waals surface area contributed by atoms with Crippen molar-refractivity contribution >= 4 is 5.78 Å². The van der Waals surface area contributed by atoms with Crippen LogP contribution in [0.1, 0.15) is 0 Å². The second-order valence-electron chi connectivity index (χ2n) is 1.60. The third kappa shape index (κ3) is 2.06. The van der Waals surface area contributed by atoms with Gasteiger partial charge in [0.05, 0.1) is 5.34 Å². The monoisotopic (exact) mass is 199 g/mol. The number of hydrogen-bond acceptors (Lipinski definition) is 2. The Bertz CT molecular complexity index is 184. The van der Waals surface area contributed by atoms with Crippen LogP contribution in [0.5, 0.6) is 0 Å². The number of hydrogen-bond donors (Lipinski definition) is 0. The molecule has 0 radical (unpaired) electrons. The highest BCUT2D eigenvalue weighted by Gasteiger charge is 2.60. The number of Topliss-reactive ketones (excluding diaryl/α,β-unsaturated/α-hetero) is 1. The third-order valence-electron chi connectivity index (χ3n) is 0.743. The van der Waals surface area contributed by atoms with Crippen LogP contribution in [-0.2, 0) is 4.79 Å². The van der Waals surface area contributed by atoms with Gasteiger partial charge in [-0.25, -0.2) is 0 Å². The fourth-order valence-corrected chi connectivity index (χ4v) is 0.247. The summed E-state index contributed by atoms with van der Waals surface area (Å²) < 4.78 is 78.3. The lowest BCUT2D eigenvalue weighted by atomic mass is 10.3. The third-order valence-corrected chi connectivity index (χ3v) is 0.743. The van der Waals surface area contributed by atoms with E-state index in [0.717, 1.165) is 0 Å². The predicted molar refractivity (Wildman–Crippen MR) is 20.1 cm³/mol. The van der Waals surface area contributed by atoms with E-state index in [1.54, 1.807) is 0 Å². The summed E-state index contributed by atoms with van der Waals surface area (Å²) in [4.78, 5) is 9.53. The predicted octanol–water partition coefficient (Wildman–Crippen LogP) is 1.78. The summed E-state index contributed by atoms with van der Waals surface area (Å²) in [5.74, 6) is -3.81. The van der Waals surface area contributed by atoms with Crippen molar-refractivity contribution in [2.45, 2.75) is 12.2 Å². The molecule has 0 bridgehead atoms. The summed E-state index contributed by atoms with van der Waals surface area (Å²) in [7, 11) is 0. The van der Waals surface area contributed by atoms with Crippen molar-refractivity contribution in [3.63, 3.8) is 0 Å². The highest BCUT2D eigenvalue weighted by atomic mass is 19.4. The molecule has 0 saturated carbocycles. The molecular weight excluding hydrogens is 199 g/mol. The second kappa shape index (κ2) is 2.88. The van der Waals surface area contributed by atoms with Gasteiger partial charge in [-0.05, 0) is 0 Å². The van der Waals surface area contributed by atoms with Crippen LogP contribution in [0.25, 0.3) is 0 Å². The van der Waals surface area contributed by atoms with Crippen LogP contribution < -0.4 is 0 Å². The molecular formula is C3F7NO. The van der Waals surface area contributed by atoms with Crippen molar-refractivity contribution < 1.29 is 35.7 Å². The van der Waals surface area contributed by atoms with E-state index >= 15 is 0 Å². The number of carbonyl (C=O) groups excluding carboxylic acids is 1. The van der Waals surface area contributed by atoms with Gasteiger partial charge in [-0.1, -0.05) is 8.96 Å². The summed E-state index contributed by atoms with van der Waals surface area (Å²) in [5.41, 5.74) is 0. The quantitative estimate of drug-likeness (QED) is 0.383. The SMILES string of the molecule is O=C(C(F)(F)F)C(F)(F)N(F)F. The molecule has 0 aliphatic carbocycles. The minimum absolute atomic E-state index is 3.09. The van der Waals surface area contributed by atoms with E-state index in [1.807, 2.05) is 0 Å². The zero-order valence-electron chi connectivity index (χ0n) is 5.00. The molecule has 0 rings (SSSR count). The van der Waals surface area contributed by atoms with Crippen molar-refractivity contribution in [1.29, 1.82) is 0 Å². The smallest absolute Gasteiger partial charge is 0.281 e. The average Bonchev–Trinajstić information content (AvgIpc) is 1.83. The van der Waals surface area contributed by atoms with Gasteiger partial charge in [-0.3, -0.25) is 4.79 Å². The lowest BCUT2D eigenvalue weighted by molar-refractivity contribution is -0.325. The molecule has 0 fully saturated rings. The topological polar surface area (TPSA) is 20.3 Å². The molecule has 0 atom stereocenters. The lowest BCUT2D eigenvalue weighted by Crippen LogP contribution is -2.46. The van der Waals surface area contributed by atoms with Gasteiger partial charge >= 0.3 is 18.0 Å². The Balaban J connectivity index is 4.70. The first-order valence-electron chi connectivity index (χ1n) is 2.21.